The Hall–Kier alpha value is -2.30. The topological polar surface area (TPSA) is 41.4 Å². The highest BCUT2D eigenvalue weighted by Crippen LogP contribution is 2.27. The van der Waals surface area contributed by atoms with Crippen LogP contribution < -0.4 is 4.90 Å². The summed E-state index contributed by atoms with van der Waals surface area (Å²) in [4.78, 5) is 17.4. The van der Waals surface area contributed by atoms with E-state index in [0.29, 0.717) is 13.0 Å². The van der Waals surface area contributed by atoms with Crippen molar-refractivity contribution in [3.63, 3.8) is 0 Å². The van der Waals surface area contributed by atoms with Crippen molar-refractivity contribution in [3.8, 4) is 0 Å². The first-order valence-corrected chi connectivity index (χ1v) is 9.03. The highest BCUT2D eigenvalue weighted by atomic mass is 16.2. The van der Waals surface area contributed by atoms with Crippen molar-refractivity contribution in [2.75, 3.05) is 18.5 Å². The average Bonchev–Trinajstić information content (AvgIpc) is 2.78. The van der Waals surface area contributed by atoms with E-state index in [-0.39, 0.29) is 11.9 Å². The second-order valence-electron chi connectivity index (χ2n) is 7.02. The number of carbonyl (C=O) groups excluding carboxylic acids is 1. The van der Waals surface area contributed by atoms with E-state index in [9.17, 15) is 4.79 Å². The molecule has 2 heterocycles. The number of nitrogens with zero attached hydrogens (tertiary/aromatic N) is 4. The van der Waals surface area contributed by atoms with Crippen LogP contribution in [0.2, 0.25) is 0 Å². The fourth-order valence-electron chi connectivity index (χ4n) is 3.83. The number of hydrogen-bond acceptors (Lipinski definition) is 3. The van der Waals surface area contributed by atoms with Gasteiger partial charge in [-0.15, -0.1) is 0 Å². The Bertz CT molecular complexity index is 780. The van der Waals surface area contributed by atoms with Gasteiger partial charge in [-0.1, -0.05) is 18.2 Å². The molecule has 0 bridgehead atoms. The molecule has 2 aromatic rings. The van der Waals surface area contributed by atoms with Crippen LogP contribution in [0.15, 0.2) is 24.3 Å². The minimum atomic E-state index is 0.173. The molecule has 25 heavy (non-hydrogen) atoms. The Labute approximate surface area is 150 Å². The van der Waals surface area contributed by atoms with E-state index in [1.165, 1.54) is 11.3 Å². The lowest BCUT2D eigenvalue weighted by atomic mass is 10.1. The molecule has 3 rings (SSSR count). The van der Waals surface area contributed by atoms with Crippen LogP contribution in [-0.4, -0.2) is 40.2 Å². The van der Waals surface area contributed by atoms with E-state index in [1.807, 2.05) is 22.6 Å². The van der Waals surface area contributed by atoms with Crippen LogP contribution >= 0.6 is 0 Å². The molecular formula is C20H28N4O. The lowest BCUT2D eigenvalue weighted by Gasteiger charge is -2.28. The van der Waals surface area contributed by atoms with E-state index >= 15 is 0 Å². The SMILES string of the molecule is CCn1nc(C)c(CC(=O)N2Cc3ccccc3N(C)C[C@@H]2C)c1C. The van der Waals surface area contributed by atoms with Crippen molar-refractivity contribution in [2.45, 2.75) is 53.2 Å². The van der Waals surface area contributed by atoms with Gasteiger partial charge in [-0.05, 0) is 39.3 Å². The van der Waals surface area contributed by atoms with Gasteiger partial charge in [0.25, 0.3) is 0 Å². The van der Waals surface area contributed by atoms with Crippen LogP contribution in [0.3, 0.4) is 0 Å². The molecule has 1 aromatic heterocycles. The predicted octanol–water partition coefficient (Wildman–Crippen LogP) is 2.93. The lowest BCUT2D eigenvalue weighted by molar-refractivity contribution is -0.132. The summed E-state index contributed by atoms with van der Waals surface area (Å²) in [5.41, 5.74) is 5.57. The molecule has 0 saturated carbocycles. The van der Waals surface area contributed by atoms with Gasteiger partial charge in [-0.3, -0.25) is 9.48 Å². The Morgan fingerprint density at radius 3 is 2.68 bits per heavy atom. The summed E-state index contributed by atoms with van der Waals surface area (Å²) < 4.78 is 1.98. The van der Waals surface area contributed by atoms with Gasteiger partial charge in [-0.2, -0.15) is 5.10 Å². The fourth-order valence-corrected chi connectivity index (χ4v) is 3.83. The highest BCUT2D eigenvalue weighted by molar-refractivity contribution is 5.80. The molecule has 0 aliphatic carbocycles. The number of rotatable bonds is 3. The third-order valence-electron chi connectivity index (χ3n) is 5.29. The summed E-state index contributed by atoms with van der Waals surface area (Å²) in [5, 5.41) is 4.55. The Morgan fingerprint density at radius 2 is 2.00 bits per heavy atom. The second-order valence-corrected chi connectivity index (χ2v) is 7.02. The normalized spacial score (nSPS) is 17.4. The molecule has 0 N–H and O–H groups in total. The Balaban J connectivity index is 1.86. The largest absolute Gasteiger partial charge is 0.372 e. The van der Waals surface area contributed by atoms with Crippen LogP contribution in [0.4, 0.5) is 5.69 Å². The maximum Gasteiger partial charge on any atom is 0.227 e. The molecule has 1 aromatic carbocycles. The number of para-hydroxylation sites is 1. The van der Waals surface area contributed by atoms with Crippen LogP contribution in [0, 0.1) is 13.8 Å². The fraction of sp³-hybridized carbons (Fsp3) is 0.500. The van der Waals surface area contributed by atoms with E-state index in [4.69, 9.17) is 0 Å². The third kappa shape index (κ3) is 3.28. The molecule has 0 spiro atoms. The number of aryl methyl sites for hydroxylation is 2. The van der Waals surface area contributed by atoms with Crippen molar-refractivity contribution in [1.29, 1.82) is 0 Å². The first kappa shape index (κ1) is 17.5. The molecule has 0 saturated heterocycles. The van der Waals surface area contributed by atoms with E-state index in [1.54, 1.807) is 0 Å². The Kier molecular flexibility index (Phi) is 4.84. The molecule has 5 heteroatoms. The van der Waals surface area contributed by atoms with Crippen LogP contribution in [0.5, 0.6) is 0 Å². The maximum atomic E-state index is 13.1. The summed E-state index contributed by atoms with van der Waals surface area (Å²) in [5.74, 6) is 0.180. The molecule has 5 nitrogen and oxygen atoms in total. The summed E-state index contributed by atoms with van der Waals surface area (Å²) in [6, 6.07) is 8.53. The predicted molar refractivity (Wildman–Crippen MR) is 101 cm³/mol. The van der Waals surface area contributed by atoms with Crippen LogP contribution in [0.1, 0.15) is 36.4 Å². The number of aromatic nitrogens is 2. The molecule has 0 unspecified atom stereocenters. The lowest BCUT2D eigenvalue weighted by Crippen LogP contribution is -2.42. The van der Waals surface area contributed by atoms with Gasteiger partial charge >= 0.3 is 0 Å². The molecule has 1 amide bonds. The van der Waals surface area contributed by atoms with Crippen LogP contribution in [0.25, 0.3) is 0 Å². The smallest absolute Gasteiger partial charge is 0.227 e. The highest BCUT2D eigenvalue weighted by Gasteiger charge is 2.28. The zero-order valence-corrected chi connectivity index (χ0v) is 15.9. The van der Waals surface area contributed by atoms with Gasteiger partial charge in [0, 0.05) is 49.7 Å². The van der Waals surface area contributed by atoms with Gasteiger partial charge in [0.2, 0.25) is 5.91 Å². The Morgan fingerprint density at radius 1 is 1.28 bits per heavy atom. The second kappa shape index (κ2) is 6.90. The van der Waals surface area contributed by atoms with Gasteiger partial charge in [0.05, 0.1) is 12.1 Å². The molecule has 1 aliphatic heterocycles. The van der Waals surface area contributed by atoms with Gasteiger partial charge < -0.3 is 9.80 Å². The first-order chi connectivity index (χ1) is 11.9. The van der Waals surface area contributed by atoms with Crippen molar-refractivity contribution in [1.82, 2.24) is 14.7 Å². The number of anilines is 1. The maximum absolute atomic E-state index is 13.1. The number of likely N-dealkylation sites (N-methyl/N-ethyl adjacent to an activating group) is 1. The molecule has 1 atom stereocenters. The molecular weight excluding hydrogens is 312 g/mol. The zero-order valence-electron chi connectivity index (χ0n) is 15.9. The van der Waals surface area contributed by atoms with Crippen molar-refractivity contribution < 1.29 is 4.79 Å². The summed E-state index contributed by atoms with van der Waals surface area (Å²) in [6.07, 6.45) is 0.424. The number of hydrogen-bond donors (Lipinski definition) is 0. The standard InChI is InChI=1S/C20H28N4O/c1-6-24-16(4)18(15(3)21-24)11-20(25)23-13-17-9-7-8-10-19(17)22(5)12-14(23)2/h7-10,14H,6,11-13H2,1-5H3/t14-/m0/s1. The van der Waals surface area contributed by atoms with E-state index in [2.05, 4.69) is 56.0 Å². The van der Waals surface area contributed by atoms with Crippen molar-refractivity contribution >= 4 is 11.6 Å². The van der Waals surface area contributed by atoms with Gasteiger partial charge in [-0.25, -0.2) is 0 Å². The number of amides is 1. The van der Waals surface area contributed by atoms with Gasteiger partial charge in [0.1, 0.15) is 0 Å². The molecule has 1 aliphatic rings. The van der Waals surface area contributed by atoms with Crippen molar-refractivity contribution in [2.24, 2.45) is 0 Å². The third-order valence-corrected chi connectivity index (χ3v) is 5.29. The monoisotopic (exact) mass is 340 g/mol. The number of fused-ring (bicyclic) bond motifs is 1. The zero-order chi connectivity index (χ0) is 18.1. The average molecular weight is 340 g/mol. The summed E-state index contributed by atoms with van der Waals surface area (Å²) in [7, 11) is 2.10. The quantitative estimate of drug-likeness (QED) is 0.863. The minimum absolute atomic E-state index is 0.173. The van der Waals surface area contributed by atoms with Crippen molar-refractivity contribution in [3.05, 3.63) is 46.8 Å². The van der Waals surface area contributed by atoms with E-state index < -0.39 is 0 Å². The summed E-state index contributed by atoms with van der Waals surface area (Å²) in [6.45, 7) is 10.6. The number of carbonyl (C=O) groups is 1. The minimum Gasteiger partial charge on any atom is -0.372 e. The molecule has 0 radical (unpaired) electrons. The number of benzene rings is 1. The molecule has 0 fully saturated rings. The van der Waals surface area contributed by atoms with Crippen LogP contribution in [-0.2, 0) is 24.3 Å². The van der Waals surface area contributed by atoms with E-state index in [0.717, 1.165) is 30.0 Å². The molecule has 134 valence electrons. The van der Waals surface area contributed by atoms with Gasteiger partial charge in [0.15, 0.2) is 0 Å². The first-order valence-electron chi connectivity index (χ1n) is 9.03. The summed E-state index contributed by atoms with van der Waals surface area (Å²) >= 11 is 0.